The van der Waals surface area contributed by atoms with E-state index in [2.05, 4.69) is 13.0 Å². The smallest absolute Gasteiger partial charge is 0.127 e. The van der Waals surface area contributed by atoms with Crippen molar-refractivity contribution in [3.05, 3.63) is 66.2 Å². The standard InChI is InChI=1S/C16H17FO2/c1-16(10-3-11-18)9-2-4-15(12-16)19-14-7-5-13(17)6-8-14/h2-10,18H,11-12H2,1H3/b10-3+/t16-/m1/s1. The lowest BCUT2D eigenvalue weighted by Crippen LogP contribution is -2.16. The fourth-order valence-electron chi connectivity index (χ4n) is 2.03. The van der Waals surface area contributed by atoms with E-state index in [1.807, 2.05) is 18.2 Å². The van der Waals surface area contributed by atoms with Crippen molar-refractivity contribution in [3.63, 3.8) is 0 Å². The molecule has 0 amide bonds. The van der Waals surface area contributed by atoms with Crippen LogP contribution < -0.4 is 4.74 Å². The van der Waals surface area contributed by atoms with Crippen LogP contribution in [0.25, 0.3) is 0 Å². The Kier molecular flexibility index (Phi) is 4.17. The van der Waals surface area contributed by atoms with Crippen molar-refractivity contribution in [2.24, 2.45) is 5.41 Å². The molecule has 1 aliphatic rings. The average Bonchev–Trinajstić information content (AvgIpc) is 2.39. The van der Waals surface area contributed by atoms with Gasteiger partial charge >= 0.3 is 0 Å². The maximum absolute atomic E-state index is 12.8. The van der Waals surface area contributed by atoms with Crippen LogP contribution in [0, 0.1) is 11.2 Å². The van der Waals surface area contributed by atoms with Crippen LogP contribution in [0.5, 0.6) is 5.75 Å². The average molecular weight is 260 g/mol. The second-order valence-electron chi connectivity index (χ2n) is 4.82. The zero-order chi connectivity index (χ0) is 13.7. The number of ether oxygens (including phenoxy) is 1. The first-order valence-electron chi connectivity index (χ1n) is 6.22. The summed E-state index contributed by atoms with van der Waals surface area (Å²) in [5, 5.41) is 8.85. The van der Waals surface area contributed by atoms with Crippen molar-refractivity contribution < 1.29 is 14.2 Å². The first-order valence-corrected chi connectivity index (χ1v) is 6.22. The molecule has 19 heavy (non-hydrogen) atoms. The zero-order valence-electron chi connectivity index (χ0n) is 10.8. The molecular weight excluding hydrogens is 243 g/mol. The van der Waals surface area contributed by atoms with Gasteiger partial charge in [0.05, 0.1) is 6.61 Å². The van der Waals surface area contributed by atoms with E-state index >= 15 is 0 Å². The minimum atomic E-state index is -0.277. The van der Waals surface area contributed by atoms with Crippen LogP contribution in [0.3, 0.4) is 0 Å². The van der Waals surface area contributed by atoms with E-state index in [9.17, 15) is 4.39 Å². The summed E-state index contributed by atoms with van der Waals surface area (Å²) in [5.74, 6) is 1.16. The molecule has 1 aromatic rings. The predicted molar refractivity (Wildman–Crippen MR) is 73.2 cm³/mol. The Morgan fingerprint density at radius 3 is 2.79 bits per heavy atom. The van der Waals surface area contributed by atoms with Gasteiger partial charge in [-0.1, -0.05) is 31.2 Å². The van der Waals surface area contributed by atoms with Gasteiger partial charge in [-0.3, -0.25) is 0 Å². The van der Waals surface area contributed by atoms with Gasteiger partial charge in [0, 0.05) is 11.8 Å². The molecule has 2 nitrogen and oxygen atoms in total. The van der Waals surface area contributed by atoms with E-state index in [1.165, 1.54) is 12.1 Å². The van der Waals surface area contributed by atoms with Crippen molar-refractivity contribution >= 4 is 0 Å². The first-order chi connectivity index (χ1) is 9.11. The van der Waals surface area contributed by atoms with E-state index in [4.69, 9.17) is 9.84 Å². The summed E-state index contributed by atoms with van der Waals surface area (Å²) in [6.07, 6.45) is 10.3. The third kappa shape index (κ3) is 3.80. The summed E-state index contributed by atoms with van der Waals surface area (Å²) in [6.45, 7) is 2.10. The van der Waals surface area contributed by atoms with Crippen LogP contribution in [0.2, 0.25) is 0 Å². The molecule has 3 heteroatoms. The molecule has 0 aromatic heterocycles. The Morgan fingerprint density at radius 2 is 2.11 bits per heavy atom. The van der Waals surface area contributed by atoms with Gasteiger partial charge < -0.3 is 9.84 Å². The normalized spacial score (nSPS) is 22.6. The summed E-state index contributed by atoms with van der Waals surface area (Å²) in [7, 11) is 0. The van der Waals surface area contributed by atoms with Crippen LogP contribution in [-0.2, 0) is 0 Å². The van der Waals surface area contributed by atoms with Crippen molar-refractivity contribution in [2.75, 3.05) is 6.61 Å². The number of aliphatic hydroxyl groups is 1. The van der Waals surface area contributed by atoms with Gasteiger partial charge in [0.2, 0.25) is 0 Å². The summed E-state index contributed by atoms with van der Waals surface area (Å²) < 4.78 is 18.5. The van der Waals surface area contributed by atoms with Gasteiger partial charge in [0.1, 0.15) is 17.3 Å². The van der Waals surface area contributed by atoms with Crippen LogP contribution in [0.1, 0.15) is 13.3 Å². The summed E-state index contributed by atoms with van der Waals surface area (Å²) >= 11 is 0. The van der Waals surface area contributed by atoms with Crippen LogP contribution in [-0.4, -0.2) is 11.7 Å². The van der Waals surface area contributed by atoms with E-state index in [0.29, 0.717) is 12.2 Å². The van der Waals surface area contributed by atoms with Crippen LogP contribution >= 0.6 is 0 Å². The van der Waals surface area contributed by atoms with Gasteiger partial charge in [0.25, 0.3) is 0 Å². The van der Waals surface area contributed by atoms with E-state index in [1.54, 1.807) is 18.2 Å². The van der Waals surface area contributed by atoms with Gasteiger partial charge in [-0.25, -0.2) is 4.39 Å². The van der Waals surface area contributed by atoms with E-state index < -0.39 is 0 Å². The molecule has 0 saturated heterocycles. The fourth-order valence-corrected chi connectivity index (χ4v) is 2.03. The Balaban J connectivity index is 2.06. The maximum Gasteiger partial charge on any atom is 0.127 e. The second kappa shape index (κ2) is 5.85. The van der Waals surface area contributed by atoms with Crippen LogP contribution in [0.4, 0.5) is 4.39 Å². The third-order valence-corrected chi connectivity index (χ3v) is 2.98. The SMILES string of the molecule is C[C@]1(/C=C/CO)C=CC=C(Oc2ccc(F)cc2)C1. The Bertz CT molecular complexity index is 514. The molecule has 2 rings (SSSR count). The summed E-state index contributed by atoms with van der Waals surface area (Å²) in [4.78, 5) is 0. The highest BCUT2D eigenvalue weighted by molar-refractivity contribution is 5.29. The molecule has 0 spiro atoms. The molecular formula is C16H17FO2. The molecule has 1 aromatic carbocycles. The largest absolute Gasteiger partial charge is 0.462 e. The topological polar surface area (TPSA) is 29.5 Å². The molecule has 0 heterocycles. The highest BCUT2D eigenvalue weighted by Crippen LogP contribution is 2.33. The van der Waals surface area contributed by atoms with E-state index in [-0.39, 0.29) is 17.8 Å². The molecule has 1 atom stereocenters. The second-order valence-corrected chi connectivity index (χ2v) is 4.82. The predicted octanol–water partition coefficient (Wildman–Crippen LogP) is 3.60. The van der Waals surface area contributed by atoms with Gasteiger partial charge in [-0.2, -0.15) is 0 Å². The molecule has 0 fully saturated rings. The van der Waals surface area contributed by atoms with Crippen molar-refractivity contribution in [2.45, 2.75) is 13.3 Å². The quantitative estimate of drug-likeness (QED) is 0.838. The highest BCUT2D eigenvalue weighted by Gasteiger charge is 2.22. The number of hydrogen-bond acceptors (Lipinski definition) is 2. The van der Waals surface area contributed by atoms with Crippen LogP contribution in [0.15, 0.2) is 60.4 Å². The molecule has 100 valence electrons. The van der Waals surface area contributed by atoms with Gasteiger partial charge in [0.15, 0.2) is 0 Å². The number of benzene rings is 1. The Morgan fingerprint density at radius 1 is 1.37 bits per heavy atom. The molecule has 0 saturated carbocycles. The Hall–Kier alpha value is -1.87. The maximum atomic E-state index is 12.8. The summed E-state index contributed by atoms with van der Waals surface area (Å²) in [5.41, 5.74) is -0.160. The lowest BCUT2D eigenvalue weighted by atomic mass is 9.82. The lowest BCUT2D eigenvalue weighted by Gasteiger charge is -2.26. The number of rotatable bonds is 4. The third-order valence-electron chi connectivity index (χ3n) is 2.98. The molecule has 0 unspecified atom stereocenters. The molecule has 1 N–H and O–H groups in total. The first kappa shape index (κ1) is 13.6. The van der Waals surface area contributed by atoms with Crippen molar-refractivity contribution in [3.8, 4) is 5.75 Å². The van der Waals surface area contributed by atoms with Gasteiger partial charge in [-0.05, 0) is 30.3 Å². The van der Waals surface area contributed by atoms with E-state index in [0.717, 1.165) is 5.76 Å². The number of allylic oxidation sites excluding steroid dienone is 5. The number of hydrogen-bond donors (Lipinski definition) is 1. The summed E-state index contributed by atoms with van der Waals surface area (Å²) in [6, 6.07) is 5.96. The van der Waals surface area contributed by atoms with Crippen molar-refractivity contribution in [1.29, 1.82) is 0 Å². The molecule has 1 aliphatic carbocycles. The highest BCUT2D eigenvalue weighted by atomic mass is 19.1. The monoisotopic (exact) mass is 260 g/mol. The minimum absolute atomic E-state index is 0.0291. The molecule has 0 aliphatic heterocycles. The molecule has 0 bridgehead atoms. The van der Waals surface area contributed by atoms with Gasteiger partial charge in [-0.15, -0.1) is 0 Å². The molecule has 0 radical (unpaired) electrons. The fraction of sp³-hybridized carbons (Fsp3) is 0.250. The minimum Gasteiger partial charge on any atom is -0.462 e. The lowest BCUT2D eigenvalue weighted by molar-refractivity contribution is 0.335. The zero-order valence-corrected chi connectivity index (χ0v) is 10.8. The number of halogens is 1. The number of aliphatic hydroxyl groups excluding tert-OH is 1. The van der Waals surface area contributed by atoms with Crippen molar-refractivity contribution in [1.82, 2.24) is 0 Å². The Labute approximate surface area is 112 Å².